The predicted octanol–water partition coefficient (Wildman–Crippen LogP) is 2.91. The Morgan fingerprint density at radius 2 is 1.92 bits per heavy atom. The number of anilines is 2. The van der Waals surface area contributed by atoms with Gasteiger partial charge in [-0.3, -0.25) is 19.2 Å². The van der Waals surface area contributed by atoms with E-state index < -0.39 is 41.7 Å². The van der Waals surface area contributed by atoms with Crippen LogP contribution in [0, 0.1) is 0 Å². The van der Waals surface area contributed by atoms with Crippen LogP contribution in [0.1, 0.15) is 35.3 Å². The molecule has 4 N–H and O–H groups in total. The number of carbonyl (C=O) groups excluding carboxylic acids is 3. The molecular formula is C27H27ClN4O6. The minimum Gasteiger partial charge on any atom is -0.433 e. The number of nitrogens with one attached hydrogen (secondary N) is 2. The number of nitrogen functional groups attached to an aromatic ring is 1. The molecule has 0 aliphatic carbocycles. The number of pyridine rings is 1. The summed E-state index contributed by atoms with van der Waals surface area (Å²) in [5.41, 5.74) is 6.45. The largest absolute Gasteiger partial charge is 0.433 e. The number of hydrogen-bond donors (Lipinski definition) is 3. The number of halogens is 1. The monoisotopic (exact) mass is 538 g/mol. The Balaban J connectivity index is 1.63. The molecule has 1 saturated heterocycles. The lowest BCUT2D eigenvalue weighted by atomic mass is 10.0. The van der Waals surface area contributed by atoms with Crippen molar-refractivity contribution in [2.24, 2.45) is 0 Å². The van der Waals surface area contributed by atoms with E-state index >= 15 is 0 Å². The van der Waals surface area contributed by atoms with Gasteiger partial charge in [0.1, 0.15) is 17.8 Å². The zero-order valence-electron chi connectivity index (χ0n) is 20.6. The molecule has 0 bridgehead atoms. The third kappa shape index (κ3) is 6.21. The maximum atomic E-state index is 13.5. The van der Waals surface area contributed by atoms with Crippen molar-refractivity contribution < 1.29 is 23.9 Å². The molecule has 0 spiro atoms. The number of amides is 2. The molecule has 198 valence electrons. The first-order chi connectivity index (χ1) is 18.3. The van der Waals surface area contributed by atoms with Gasteiger partial charge in [0.05, 0.1) is 17.1 Å². The van der Waals surface area contributed by atoms with Crippen molar-refractivity contribution in [2.75, 3.05) is 17.7 Å². The molecule has 4 rings (SSSR count). The first-order valence-electron chi connectivity index (χ1n) is 12.0. The number of aromatic nitrogens is 1. The SMILES string of the molecule is CCO[C@H]1OC(=O)C[C@@H]1NC(=O)[C@@H](Cc1ccccc1)n1cccc(NC(=O)c2ccc(N)c(Cl)c2)c1=O. The highest BCUT2D eigenvalue weighted by Crippen LogP contribution is 2.22. The van der Waals surface area contributed by atoms with Crippen LogP contribution in [-0.4, -0.2) is 41.3 Å². The summed E-state index contributed by atoms with van der Waals surface area (Å²) in [4.78, 5) is 51.6. The van der Waals surface area contributed by atoms with Crippen LogP contribution in [0.2, 0.25) is 5.02 Å². The third-order valence-electron chi connectivity index (χ3n) is 6.02. The van der Waals surface area contributed by atoms with Gasteiger partial charge >= 0.3 is 5.97 Å². The van der Waals surface area contributed by atoms with Gasteiger partial charge in [0, 0.05) is 24.8 Å². The molecule has 1 aliphatic rings. The molecule has 2 aromatic carbocycles. The number of nitrogens with zero attached hydrogens (tertiary/aromatic N) is 1. The van der Waals surface area contributed by atoms with Gasteiger partial charge in [-0.25, -0.2) is 0 Å². The summed E-state index contributed by atoms with van der Waals surface area (Å²) in [6, 6.07) is 14.9. The van der Waals surface area contributed by atoms with Gasteiger partial charge in [0.2, 0.25) is 12.2 Å². The Labute approximate surface area is 223 Å². The second-order valence-corrected chi connectivity index (χ2v) is 9.07. The molecule has 0 radical (unpaired) electrons. The zero-order chi connectivity index (χ0) is 27.2. The summed E-state index contributed by atoms with van der Waals surface area (Å²) in [5.74, 6) is -1.55. The van der Waals surface area contributed by atoms with E-state index in [1.54, 1.807) is 13.0 Å². The first-order valence-corrected chi connectivity index (χ1v) is 12.4. The van der Waals surface area contributed by atoms with Gasteiger partial charge in [-0.15, -0.1) is 0 Å². The number of ether oxygens (including phenoxy) is 2. The van der Waals surface area contributed by atoms with Crippen LogP contribution < -0.4 is 21.9 Å². The van der Waals surface area contributed by atoms with E-state index in [0.717, 1.165) is 5.56 Å². The van der Waals surface area contributed by atoms with E-state index in [2.05, 4.69) is 10.6 Å². The summed E-state index contributed by atoms with van der Waals surface area (Å²) in [5, 5.41) is 5.60. The second-order valence-electron chi connectivity index (χ2n) is 8.66. The van der Waals surface area contributed by atoms with Gasteiger partial charge in [-0.05, 0) is 42.8 Å². The first kappa shape index (κ1) is 26.9. The Hall–Kier alpha value is -4.15. The summed E-state index contributed by atoms with van der Waals surface area (Å²) >= 11 is 6.03. The molecule has 1 aliphatic heterocycles. The van der Waals surface area contributed by atoms with E-state index in [1.807, 2.05) is 30.3 Å². The van der Waals surface area contributed by atoms with Crippen molar-refractivity contribution in [1.82, 2.24) is 9.88 Å². The Morgan fingerprint density at radius 3 is 2.63 bits per heavy atom. The van der Waals surface area contributed by atoms with Crippen molar-refractivity contribution in [2.45, 2.75) is 38.1 Å². The van der Waals surface area contributed by atoms with Gasteiger partial charge in [0.15, 0.2) is 0 Å². The minimum absolute atomic E-state index is 0.0251. The fraction of sp³-hybridized carbons (Fsp3) is 0.259. The maximum Gasteiger partial charge on any atom is 0.310 e. The second kappa shape index (κ2) is 11.9. The van der Waals surface area contributed by atoms with Crippen LogP contribution in [0.15, 0.2) is 71.7 Å². The minimum atomic E-state index is -0.995. The lowest BCUT2D eigenvalue weighted by Crippen LogP contribution is -2.46. The summed E-state index contributed by atoms with van der Waals surface area (Å²) in [6.45, 7) is 2.04. The van der Waals surface area contributed by atoms with Crippen LogP contribution >= 0.6 is 11.6 Å². The molecule has 10 nitrogen and oxygen atoms in total. The smallest absolute Gasteiger partial charge is 0.310 e. The molecule has 3 aromatic rings. The molecule has 2 amide bonds. The molecule has 0 saturated carbocycles. The number of rotatable bonds is 9. The van der Waals surface area contributed by atoms with E-state index in [1.165, 1.54) is 35.0 Å². The van der Waals surface area contributed by atoms with Crippen molar-refractivity contribution in [3.05, 3.63) is 93.4 Å². The van der Waals surface area contributed by atoms with Crippen LogP contribution in [-0.2, 0) is 25.5 Å². The normalized spacial score (nSPS) is 17.5. The molecule has 2 heterocycles. The average Bonchev–Trinajstić information content (AvgIpc) is 3.24. The number of esters is 1. The summed E-state index contributed by atoms with van der Waals surface area (Å²) in [7, 11) is 0. The van der Waals surface area contributed by atoms with Crippen molar-refractivity contribution in [3.63, 3.8) is 0 Å². The Bertz CT molecular complexity index is 1390. The average molecular weight is 539 g/mol. The molecular weight excluding hydrogens is 512 g/mol. The van der Waals surface area contributed by atoms with E-state index in [-0.39, 0.29) is 35.7 Å². The lowest BCUT2D eigenvalue weighted by Gasteiger charge is -2.24. The van der Waals surface area contributed by atoms with Gasteiger partial charge in [0.25, 0.3) is 11.5 Å². The highest BCUT2D eigenvalue weighted by Gasteiger charge is 2.38. The van der Waals surface area contributed by atoms with Crippen LogP contribution in [0.4, 0.5) is 11.4 Å². The summed E-state index contributed by atoms with van der Waals surface area (Å²) in [6.07, 6.45) is 0.687. The third-order valence-corrected chi connectivity index (χ3v) is 6.34. The Kier molecular flexibility index (Phi) is 8.45. The van der Waals surface area contributed by atoms with Crippen LogP contribution in [0.25, 0.3) is 0 Å². The predicted molar refractivity (Wildman–Crippen MR) is 142 cm³/mol. The standard InChI is InChI=1S/C27H27ClN4O6/c1-2-37-27-21(15-23(33)38-27)31-25(35)22(13-16-7-4-3-5-8-16)32-12-6-9-20(26(32)36)30-24(34)17-10-11-19(29)18(28)14-17/h3-12,14,21-22,27H,2,13,15,29H2,1H3,(H,30,34)(H,31,35)/t21-,22+,27-/m0/s1. The van der Waals surface area contributed by atoms with Gasteiger partial charge in [-0.2, -0.15) is 0 Å². The van der Waals surface area contributed by atoms with Crippen molar-refractivity contribution >= 4 is 40.8 Å². The highest BCUT2D eigenvalue weighted by atomic mass is 35.5. The number of carbonyl (C=O) groups is 3. The molecule has 3 atom stereocenters. The van der Waals surface area contributed by atoms with Gasteiger partial charge in [-0.1, -0.05) is 41.9 Å². The fourth-order valence-corrected chi connectivity index (χ4v) is 4.30. The van der Waals surface area contributed by atoms with E-state index in [4.69, 9.17) is 26.8 Å². The van der Waals surface area contributed by atoms with Gasteiger partial charge < -0.3 is 30.4 Å². The summed E-state index contributed by atoms with van der Waals surface area (Å²) < 4.78 is 11.8. The number of hydrogen-bond acceptors (Lipinski definition) is 7. The van der Waals surface area contributed by atoms with Crippen LogP contribution in [0.5, 0.6) is 0 Å². The lowest BCUT2D eigenvalue weighted by molar-refractivity contribution is -0.164. The number of benzene rings is 2. The molecule has 11 heteroatoms. The van der Waals surface area contributed by atoms with Crippen molar-refractivity contribution in [3.8, 4) is 0 Å². The van der Waals surface area contributed by atoms with E-state index in [9.17, 15) is 19.2 Å². The maximum absolute atomic E-state index is 13.5. The molecule has 1 aromatic heterocycles. The molecule has 0 unspecified atom stereocenters. The molecule has 38 heavy (non-hydrogen) atoms. The topological polar surface area (TPSA) is 142 Å². The van der Waals surface area contributed by atoms with Crippen molar-refractivity contribution in [1.29, 1.82) is 0 Å². The number of cyclic esters (lactones) is 1. The Morgan fingerprint density at radius 1 is 1.16 bits per heavy atom. The zero-order valence-corrected chi connectivity index (χ0v) is 21.3. The number of nitrogens with two attached hydrogens (primary N) is 1. The highest BCUT2D eigenvalue weighted by molar-refractivity contribution is 6.33. The molecule has 1 fully saturated rings. The van der Waals surface area contributed by atoms with E-state index in [0.29, 0.717) is 5.69 Å². The fourth-order valence-electron chi connectivity index (χ4n) is 4.12. The van der Waals surface area contributed by atoms with Crippen LogP contribution in [0.3, 0.4) is 0 Å². The quantitative estimate of drug-likeness (QED) is 0.281.